The van der Waals surface area contributed by atoms with Gasteiger partial charge in [-0.25, -0.2) is 4.68 Å². The molecule has 1 aliphatic heterocycles. The molecule has 29 heavy (non-hydrogen) atoms. The third-order valence-corrected chi connectivity index (χ3v) is 5.05. The van der Waals surface area contributed by atoms with Crippen molar-refractivity contribution in [3.05, 3.63) is 76.3 Å². The monoisotopic (exact) mass is 407 g/mol. The van der Waals surface area contributed by atoms with Crippen molar-refractivity contribution >= 4 is 35.1 Å². The smallest absolute Gasteiger partial charge is 0.250 e. The molecule has 0 fully saturated rings. The maximum Gasteiger partial charge on any atom is 0.250 e. The molecule has 0 bridgehead atoms. The minimum Gasteiger partial charge on any atom is -0.324 e. The highest BCUT2D eigenvalue weighted by Crippen LogP contribution is 2.33. The molecule has 0 saturated carbocycles. The highest BCUT2D eigenvalue weighted by Gasteiger charge is 2.26. The zero-order valence-electron chi connectivity index (χ0n) is 16.5. The largest absolute Gasteiger partial charge is 0.324 e. The van der Waals surface area contributed by atoms with Crippen LogP contribution >= 0.6 is 11.6 Å². The molecule has 0 saturated heterocycles. The number of carbonyl (C=O) groups excluding carboxylic acids is 1. The Morgan fingerprint density at radius 1 is 1.14 bits per heavy atom. The fourth-order valence-electron chi connectivity index (χ4n) is 3.10. The molecule has 7 heteroatoms. The summed E-state index contributed by atoms with van der Waals surface area (Å²) in [5, 5.41) is 11.3. The molecule has 0 radical (unpaired) electrons. The summed E-state index contributed by atoms with van der Waals surface area (Å²) in [6.45, 7) is 5.72. The normalized spacial score (nSPS) is 15.5. The number of carbonyl (C=O) groups is 1. The standard InChI is InChI=1S/C22H22ClN5O/c1-13(2)20(29)25-21-26-22-24-18(15-6-4-14(3)5-7-15)12-19(28(22)27-21)16-8-10-17(23)11-9-16/h4-13,19H,1-3H3,(H2,24,25,26,27,29)/t19-/m1/s1. The first-order valence-electron chi connectivity index (χ1n) is 9.49. The zero-order valence-corrected chi connectivity index (χ0v) is 17.2. The second-order valence-corrected chi connectivity index (χ2v) is 7.85. The number of halogens is 1. The Morgan fingerprint density at radius 3 is 2.48 bits per heavy atom. The topological polar surface area (TPSA) is 71.8 Å². The second-order valence-electron chi connectivity index (χ2n) is 7.42. The van der Waals surface area contributed by atoms with Crippen molar-refractivity contribution in [2.75, 3.05) is 10.6 Å². The SMILES string of the molecule is Cc1ccc(C2=C[C@H](c3ccc(Cl)cc3)n3nc(NC(=O)C(C)C)nc3N2)cc1. The molecule has 0 spiro atoms. The highest BCUT2D eigenvalue weighted by molar-refractivity contribution is 6.30. The van der Waals surface area contributed by atoms with Crippen molar-refractivity contribution in [1.82, 2.24) is 14.8 Å². The van der Waals surface area contributed by atoms with Crippen molar-refractivity contribution in [1.29, 1.82) is 0 Å². The lowest BCUT2D eigenvalue weighted by Gasteiger charge is -2.24. The summed E-state index contributed by atoms with van der Waals surface area (Å²) in [5.41, 5.74) is 4.21. The molecular weight excluding hydrogens is 386 g/mol. The first-order chi connectivity index (χ1) is 13.9. The molecule has 3 aromatic rings. The van der Waals surface area contributed by atoms with Gasteiger partial charge in [-0.2, -0.15) is 4.98 Å². The summed E-state index contributed by atoms with van der Waals surface area (Å²) in [7, 11) is 0. The summed E-state index contributed by atoms with van der Waals surface area (Å²) >= 11 is 6.07. The van der Waals surface area contributed by atoms with Crippen molar-refractivity contribution in [2.45, 2.75) is 26.8 Å². The summed E-state index contributed by atoms with van der Waals surface area (Å²) in [5.74, 6) is 0.574. The number of amides is 1. The third-order valence-electron chi connectivity index (χ3n) is 4.80. The summed E-state index contributed by atoms with van der Waals surface area (Å²) < 4.78 is 1.77. The van der Waals surface area contributed by atoms with Gasteiger partial charge in [0.15, 0.2) is 0 Å². The summed E-state index contributed by atoms with van der Waals surface area (Å²) in [4.78, 5) is 16.6. The van der Waals surface area contributed by atoms with Gasteiger partial charge in [-0.15, -0.1) is 5.10 Å². The van der Waals surface area contributed by atoms with Crippen LogP contribution in [0.3, 0.4) is 0 Å². The Morgan fingerprint density at radius 2 is 1.83 bits per heavy atom. The fraction of sp³-hybridized carbons (Fsp3) is 0.227. The quantitative estimate of drug-likeness (QED) is 0.645. The molecule has 148 valence electrons. The first kappa shape index (κ1) is 19.2. The van der Waals surface area contributed by atoms with Crippen LogP contribution in [0.15, 0.2) is 54.6 Å². The average molecular weight is 408 g/mol. The van der Waals surface area contributed by atoms with E-state index in [1.54, 1.807) is 4.68 Å². The molecule has 6 nitrogen and oxygen atoms in total. The van der Waals surface area contributed by atoms with E-state index in [0.717, 1.165) is 16.8 Å². The highest BCUT2D eigenvalue weighted by atomic mass is 35.5. The summed E-state index contributed by atoms with van der Waals surface area (Å²) in [6, 6.07) is 15.8. The predicted molar refractivity (Wildman–Crippen MR) is 116 cm³/mol. The van der Waals surface area contributed by atoms with E-state index >= 15 is 0 Å². The van der Waals surface area contributed by atoms with Gasteiger partial charge in [-0.3, -0.25) is 10.1 Å². The molecule has 4 rings (SSSR count). The van der Waals surface area contributed by atoms with E-state index in [0.29, 0.717) is 11.0 Å². The van der Waals surface area contributed by atoms with E-state index in [1.807, 2.05) is 38.1 Å². The van der Waals surface area contributed by atoms with E-state index in [9.17, 15) is 4.79 Å². The molecule has 1 atom stereocenters. The number of hydrogen-bond acceptors (Lipinski definition) is 4. The van der Waals surface area contributed by atoms with Gasteiger partial charge < -0.3 is 5.32 Å². The molecule has 0 aliphatic carbocycles. The van der Waals surface area contributed by atoms with Crippen LogP contribution in [0.4, 0.5) is 11.9 Å². The zero-order chi connectivity index (χ0) is 20.5. The number of fused-ring (bicyclic) bond motifs is 1. The molecule has 2 heterocycles. The van der Waals surface area contributed by atoms with Crippen molar-refractivity contribution in [2.24, 2.45) is 5.92 Å². The Bertz CT molecular complexity index is 1070. The van der Waals surface area contributed by atoms with Gasteiger partial charge in [0.25, 0.3) is 5.95 Å². The molecule has 1 aromatic heterocycles. The van der Waals surface area contributed by atoms with E-state index in [2.05, 4.69) is 58.0 Å². The minimum absolute atomic E-state index is 0.122. The minimum atomic E-state index is -0.183. The number of anilines is 2. The van der Waals surface area contributed by atoms with Gasteiger partial charge in [-0.05, 0) is 36.3 Å². The lowest BCUT2D eigenvalue weighted by molar-refractivity contribution is -0.118. The molecule has 2 aromatic carbocycles. The number of allylic oxidation sites excluding steroid dienone is 1. The Kier molecular flexibility index (Phi) is 5.11. The number of hydrogen-bond donors (Lipinski definition) is 2. The Hall–Kier alpha value is -3.12. The number of rotatable bonds is 4. The molecule has 2 N–H and O–H groups in total. The van der Waals surface area contributed by atoms with Crippen LogP contribution in [-0.4, -0.2) is 20.7 Å². The average Bonchev–Trinajstić information content (AvgIpc) is 3.10. The van der Waals surface area contributed by atoms with Gasteiger partial charge in [0, 0.05) is 16.6 Å². The second kappa shape index (κ2) is 7.72. The van der Waals surface area contributed by atoms with E-state index < -0.39 is 0 Å². The first-order valence-corrected chi connectivity index (χ1v) is 9.87. The van der Waals surface area contributed by atoms with E-state index in [1.165, 1.54) is 5.56 Å². The third kappa shape index (κ3) is 4.03. The Balaban J connectivity index is 1.75. The maximum absolute atomic E-state index is 12.1. The van der Waals surface area contributed by atoms with E-state index in [-0.39, 0.29) is 23.8 Å². The lowest BCUT2D eigenvalue weighted by atomic mass is 10.0. The number of aryl methyl sites for hydroxylation is 1. The van der Waals surface area contributed by atoms with Crippen LogP contribution in [-0.2, 0) is 4.79 Å². The summed E-state index contributed by atoms with van der Waals surface area (Å²) in [6.07, 6.45) is 2.10. The molecule has 1 aliphatic rings. The number of nitrogens with zero attached hydrogens (tertiary/aromatic N) is 3. The number of nitrogens with one attached hydrogen (secondary N) is 2. The van der Waals surface area contributed by atoms with Crippen LogP contribution in [0.2, 0.25) is 5.02 Å². The van der Waals surface area contributed by atoms with Crippen LogP contribution < -0.4 is 10.6 Å². The molecular formula is C22H22ClN5O. The van der Waals surface area contributed by atoms with Crippen LogP contribution in [0.5, 0.6) is 0 Å². The predicted octanol–water partition coefficient (Wildman–Crippen LogP) is 4.89. The van der Waals surface area contributed by atoms with Crippen molar-refractivity contribution in [3.8, 4) is 0 Å². The van der Waals surface area contributed by atoms with E-state index in [4.69, 9.17) is 11.6 Å². The molecule has 0 unspecified atom stereocenters. The number of benzene rings is 2. The van der Waals surface area contributed by atoms with Gasteiger partial charge in [0.2, 0.25) is 11.9 Å². The van der Waals surface area contributed by atoms with Gasteiger partial charge >= 0.3 is 0 Å². The lowest BCUT2D eigenvalue weighted by Crippen LogP contribution is -2.20. The van der Waals surface area contributed by atoms with Gasteiger partial charge in [0.05, 0.1) is 0 Å². The van der Waals surface area contributed by atoms with Crippen molar-refractivity contribution in [3.63, 3.8) is 0 Å². The van der Waals surface area contributed by atoms with Crippen LogP contribution in [0.25, 0.3) is 5.70 Å². The van der Waals surface area contributed by atoms with Crippen molar-refractivity contribution < 1.29 is 4.79 Å². The van der Waals surface area contributed by atoms with Gasteiger partial charge in [-0.1, -0.05) is 67.4 Å². The van der Waals surface area contributed by atoms with Crippen LogP contribution in [0, 0.1) is 12.8 Å². The number of aromatic nitrogens is 3. The fourth-order valence-corrected chi connectivity index (χ4v) is 3.23. The molecule has 1 amide bonds. The van der Waals surface area contributed by atoms with Crippen LogP contribution in [0.1, 0.15) is 36.6 Å². The maximum atomic E-state index is 12.1. The Labute approximate surface area is 174 Å². The van der Waals surface area contributed by atoms with Gasteiger partial charge in [0.1, 0.15) is 6.04 Å².